The van der Waals surface area contributed by atoms with Crippen molar-refractivity contribution >= 4 is 0 Å². The second-order valence-corrected chi connectivity index (χ2v) is 3.73. The van der Waals surface area contributed by atoms with Crippen LogP contribution in [0, 0.1) is 25.5 Å². The second kappa shape index (κ2) is 4.21. The van der Waals surface area contributed by atoms with Crippen molar-refractivity contribution in [1.82, 2.24) is 14.8 Å². The monoisotopic (exact) mass is 238 g/mol. The van der Waals surface area contributed by atoms with Crippen LogP contribution in [0.3, 0.4) is 0 Å². The summed E-state index contributed by atoms with van der Waals surface area (Å²) in [5, 5.41) is 3.95. The summed E-state index contributed by atoms with van der Waals surface area (Å²) in [6, 6.07) is 2.41. The highest BCUT2D eigenvalue weighted by Crippen LogP contribution is 2.20. The van der Waals surface area contributed by atoms with Crippen LogP contribution in [0.5, 0.6) is 0 Å². The number of halogens is 2. The van der Waals surface area contributed by atoms with E-state index in [4.69, 9.17) is 5.73 Å². The normalized spacial score (nSPS) is 10.9. The summed E-state index contributed by atoms with van der Waals surface area (Å²) in [6.45, 7) is 3.38. The van der Waals surface area contributed by atoms with Gasteiger partial charge in [-0.1, -0.05) is 0 Å². The topological polar surface area (TPSA) is 56.7 Å². The van der Waals surface area contributed by atoms with Crippen molar-refractivity contribution in [3.8, 4) is 5.69 Å². The molecule has 0 atom stereocenters. The number of nitrogens with two attached hydrogens (primary N) is 1. The van der Waals surface area contributed by atoms with Crippen LogP contribution in [0.25, 0.3) is 5.69 Å². The molecular formula is C11H12F2N4. The molecule has 0 fully saturated rings. The molecule has 0 aliphatic carbocycles. The minimum absolute atomic E-state index is 0.0868. The molecule has 2 N–H and O–H groups in total. The minimum atomic E-state index is -0.696. The minimum Gasteiger partial charge on any atom is -0.326 e. The van der Waals surface area contributed by atoms with E-state index >= 15 is 0 Å². The molecule has 2 rings (SSSR count). The molecule has 0 saturated carbocycles. The lowest BCUT2D eigenvalue weighted by molar-refractivity contribution is 0.553. The molecule has 0 aliphatic heterocycles. The number of rotatable bonds is 2. The molecule has 17 heavy (non-hydrogen) atoms. The Morgan fingerprint density at radius 1 is 1.24 bits per heavy atom. The van der Waals surface area contributed by atoms with Crippen LogP contribution in [0.1, 0.15) is 17.2 Å². The fraction of sp³-hybridized carbons (Fsp3) is 0.273. The molecule has 0 aliphatic rings. The summed E-state index contributed by atoms with van der Waals surface area (Å²) in [5.74, 6) is -0.498. The Morgan fingerprint density at radius 3 is 2.24 bits per heavy atom. The van der Waals surface area contributed by atoms with Crippen LogP contribution in [0.15, 0.2) is 12.1 Å². The van der Waals surface area contributed by atoms with Gasteiger partial charge in [0, 0.05) is 6.54 Å². The molecule has 4 nitrogen and oxygen atoms in total. The molecule has 1 heterocycles. The lowest BCUT2D eigenvalue weighted by atomic mass is 10.2. The Balaban J connectivity index is 2.63. The molecule has 0 amide bonds. The van der Waals surface area contributed by atoms with Gasteiger partial charge in [0.15, 0.2) is 11.6 Å². The summed E-state index contributed by atoms with van der Waals surface area (Å²) in [5.41, 5.74) is 5.52. The van der Waals surface area contributed by atoms with E-state index in [9.17, 15) is 8.78 Å². The Kier molecular flexibility index (Phi) is 2.89. The molecule has 0 unspecified atom stereocenters. The summed E-state index contributed by atoms with van der Waals surface area (Å²) in [6.07, 6.45) is 0. The predicted molar refractivity (Wildman–Crippen MR) is 58.6 cm³/mol. The van der Waals surface area contributed by atoms with Gasteiger partial charge in [-0.2, -0.15) is 5.10 Å². The van der Waals surface area contributed by atoms with Gasteiger partial charge >= 0.3 is 0 Å². The van der Waals surface area contributed by atoms with Crippen LogP contribution >= 0.6 is 0 Å². The Morgan fingerprint density at radius 2 is 1.82 bits per heavy atom. The highest BCUT2D eigenvalue weighted by atomic mass is 19.1. The maximum atomic E-state index is 13.8. The third-order valence-corrected chi connectivity index (χ3v) is 2.40. The zero-order valence-corrected chi connectivity index (χ0v) is 9.54. The van der Waals surface area contributed by atoms with Gasteiger partial charge in [-0.05, 0) is 31.5 Å². The Hall–Kier alpha value is -1.82. The first-order valence-electron chi connectivity index (χ1n) is 5.11. The zero-order valence-electron chi connectivity index (χ0n) is 9.54. The van der Waals surface area contributed by atoms with Gasteiger partial charge in [-0.25, -0.2) is 18.4 Å². The fourth-order valence-electron chi connectivity index (χ4n) is 1.67. The molecule has 90 valence electrons. The maximum absolute atomic E-state index is 13.8. The van der Waals surface area contributed by atoms with Gasteiger partial charge < -0.3 is 5.73 Å². The van der Waals surface area contributed by atoms with Gasteiger partial charge in [0.2, 0.25) is 0 Å². The van der Waals surface area contributed by atoms with Crippen molar-refractivity contribution in [2.24, 2.45) is 5.73 Å². The SMILES string of the molecule is Cc1nc(C)n(-c2c(F)cc(CN)cc2F)n1. The zero-order chi connectivity index (χ0) is 12.6. The molecular weight excluding hydrogens is 226 g/mol. The van der Waals surface area contributed by atoms with E-state index < -0.39 is 11.6 Å². The fourth-order valence-corrected chi connectivity index (χ4v) is 1.67. The first kappa shape index (κ1) is 11.7. The first-order valence-corrected chi connectivity index (χ1v) is 5.11. The quantitative estimate of drug-likeness (QED) is 0.865. The molecule has 0 saturated heterocycles. The number of hydrogen-bond donors (Lipinski definition) is 1. The largest absolute Gasteiger partial charge is 0.326 e. The Labute approximate surface area is 97.1 Å². The average Bonchev–Trinajstić information content (AvgIpc) is 2.57. The molecule has 6 heteroatoms. The smallest absolute Gasteiger partial charge is 0.152 e. The number of aromatic nitrogens is 3. The van der Waals surface area contributed by atoms with Gasteiger partial charge in [0.05, 0.1) is 0 Å². The van der Waals surface area contributed by atoms with Crippen LogP contribution in [0.4, 0.5) is 8.78 Å². The first-order chi connectivity index (χ1) is 8.02. The lowest BCUT2D eigenvalue weighted by Crippen LogP contribution is -2.08. The van der Waals surface area contributed by atoms with Gasteiger partial charge in [-0.15, -0.1) is 0 Å². The van der Waals surface area contributed by atoms with Crippen molar-refractivity contribution in [2.45, 2.75) is 20.4 Å². The third kappa shape index (κ3) is 2.03. The van der Waals surface area contributed by atoms with E-state index in [1.165, 1.54) is 12.1 Å². The summed E-state index contributed by atoms with van der Waals surface area (Å²) in [7, 11) is 0. The highest BCUT2D eigenvalue weighted by molar-refractivity contribution is 5.38. The van der Waals surface area contributed by atoms with E-state index in [1.54, 1.807) is 13.8 Å². The van der Waals surface area contributed by atoms with Crippen LogP contribution in [-0.4, -0.2) is 14.8 Å². The number of benzene rings is 1. The molecule has 2 aromatic rings. The summed E-state index contributed by atoms with van der Waals surface area (Å²) < 4.78 is 28.7. The third-order valence-electron chi connectivity index (χ3n) is 2.40. The second-order valence-electron chi connectivity index (χ2n) is 3.73. The standard InChI is InChI=1S/C11H12F2N4/c1-6-15-7(2)17(16-6)11-9(12)3-8(5-14)4-10(11)13/h3-4H,5,14H2,1-2H3. The van der Waals surface area contributed by atoms with Crippen LogP contribution in [-0.2, 0) is 6.54 Å². The maximum Gasteiger partial charge on any atom is 0.152 e. The van der Waals surface area contributed by atoms with Crippen molar-refractivity contribution in [3.63, 3.8) is 0 Å². The number of nitrogens with zero attached hydrogens (tertiary/aromatic N) is 3. The van der Waals surface area contributed by atoms with E-state index in [-0.39, 0.29) is 12.2 Å². The molecule has 0 radical (unpaired) electrons. The van der Waals surface area contributed by atoms with Gasteiger partial charge in [0.1, 0.15) is 17.3 Å². The Bertz CT molecular complexity index is 540. The summed E-state index contributed by atoms with van der Waals surface area (Å²) >= 11 is 0. The number of hydrogen-bond acceptors (Lipinski definition) is 3. The highest BCUT2D eigenvalue weighted by Gasteiger charge is 2.16. The summed E-state index contributed by atoms with van der Waals surface area (Å²) in [4.78, 5) is 4.01. The van der Waals surface area contributed by atoms with Crippen LogP contribution in [0.2, 0.25) is 0 Å². The molecule has 1 aromatic carbocycles. The molecule has 1 aromatic heterocycles. The van der Waals surface area contributed by atoms with E-state index in [0.29, 0.717) is 17.2 Å². The number of aryl methyl sites for hydroxylation is 2. The van der Waals surface area contributed by atoms with Crippen molar-refractivity contribution < 1.29 is 8.78 Å². The molecule has 0 bridgehead atoms. The van der Waals surface area contributed by atoms with Crippen molar-refractivity contribution in [3.05, 3.63) is 41.0 Å². The van der Waals surface area contributed by atoms with E-state index in [2.05, 4.69) is 10.1 Å². The van der Waals surface area contributed by atoms with Crippen molar-refractivity contribution in [2.75, 3.05) is 0 Å². The van der Waals surface area contributed by atoms with Crippen LogP contribution < -0.4 is 5.73 Å². The molecule has 0 spiro atoms. The van der Waals surface area contributed by atoms with E-state index in [1.807, 2.05) is 0 Å². The predicted octanol–water partition coefficient (Wildman–Crippen LogP) is 1.62. The lowest BCUT2D eigenvalue weighted by Gasteiger charge is -2.08. The van der Waals surface area contributed by atoms with Gasteiger partial charge in [-0.3, -0.25) is 0 Å². The average molecular weight is 238 g/mol. The van der Waals surface area contributed by atoms with Gasteiger partial charge in [0.25, 0.3) is 0 Å². The van der Waals surface area contributed by atoms with Crippen molar-refractivity contribution in [1.29, 1.82) is 0 Å². The van der Waals surface area contributed by atoms with E-state index in [0.717, 1.165) is 4.68 Å².